The molecular weight excluding hydrogens is 224 g/mol. The Kier molecular flexibility index (Phi) is 8.88. The average Bonchev–Trinajstić information content (AvgIpc) is 2.28. The Hall–Kier alpha value is -0.0831. The molecule has 1 unspecified atom stereocenters. The largest absolute Gasteiger partial charge is 0.414 e. The van der Waals surface area contributed by atoms with Crippen molar-refractivity contribution in [2.45, 2.75) is 78.1 Å². The quantitative estimate of drug-likeness (QED) is 0.376. The van der Waals surface area contributed by atoms with E-state index >= 15 is 0 Å². The molecule has 0 bridgehead atoms. The topological polar surface area (TPSA) is 9.23 Å². The lowest BCUT2D eigenvalue weighted by molar-refractivity contribution is 0.166. The van der Waals surface area contributed by atoms with Gasteiger partial charge in [-0.25, -0.2) is 0 Å². The van der Waals surface area contributed by atoms with Crippen molar-refractivity contribution in [1.29, 1.82) is 0 Å². The summed E-state index contributed by atoms with van der Waals surface area (Å²) in [4.78, 5) is 0. The minimum atomic E-state index is -1.50. The standard InChI is InChI=1S/C15H32OSi/c1-7-13-17(5,6)16-15(10-4)12-11-14(8-2)9-3/h7,14-15H,1,8-13H2,2-6H3. The van der Waals surface area contributed by atoms with Gasteiger partial charge in [0.1, 0.15) is 0 Å². The smallest absolute Gasteiger partial charge is 0.190 e. The van der Waals surface area contributed by atoms with Crippen molar-refractivity contribution < 1.29 is 4.43 Å². The zero-order valence-electron chi connectivity index (χ0n) is 12.6. The molecule has 0 saturated carbocycles. The zero-order valence-corrected chi connectivity index (χ0v) is 13.6. The first kappa shape index (κ1) is 16.9. The molecule has 0 spiro atoms. The van der Waals surface area contributed by atoms with Crippen molar-refractivity contribution >= 4 is 8.32 Å². The van der Waals surface area contributed by atoms with Gasteiger partial charge in [-0.05, 0) is 44.3 Å². The van der Waals surface area contributed by atoms with Gasteiger partial charge in [0.25, 0.3) is 0 Å². The first-order valence-corrected chi connectivity index (χ1v) is 10.4. The van der Waals surface area contributed by atoms with Crippen LogP contribution in [0.3, 0.4) is 0 Å². The molecule has 0 aromatic heterocycles. The van der Waals surface area contributed by atoms with E-state index in [0.717, 1.165) is 18.4 Å². The van der Waals surface area contributed by atoms with Crippen molar-refractivity contribution in [3.05, 3.63) is 12.7 Å². The molecule has 0 rings (SSSR count). The lowest BCUT2D eigenvalue weighted by Crippen LogP contribution is -2.34. The van der Waals surface area contributed by atoms with Crippen LogP contribution in [0.15, 0.2) is 12.7 Å². The number of hydrogen-bond donors (Lipinski definition) is 0. The maximum absolute atomic E-state index is 6.33. The molecule has 0 aliphatic rings. The van der Waals surface area contributed by atoms with Crippen molar-refractivity contribution in [2.75, 3.05) is 0 Å². The zero-order chi connectivity index (χ0) is 13.3. The number of hydrogen-bond acceptors (Lipinski definition) is 1. The molecule has 17 heavy (non-hydrogen) atoms. The predicted molar refractivity (Wildman–Crippen MR) is 81.0 cm³/mol. The normalized spacial score (nSPS) is 14.0. The van der Waals surface area contributed by atoms with Gasteiger partial charge in [-0.15, -0.1) is 6.58 Å². The molecule has 0 aliphatic carbocycles. The van der Waals surface area contributed by atoms with Crippen LogP contribution < -0.4 is 0 Å². The third-order valence-electron chi connectivity index (χ3n) is 3.63. The SMILES string of the molecule is C=CC[Si](C)(C)OC(CC)CCC(CC)CC. The summed E-state index contributed by atoms with van der Waals surface area (Å²) >= 11 is 0. The van der Waals surface area contributed by atoms with Crippen molar-refractivity contribution in [3.63, 3.8) is 0 Å². The molecule has 102 valence electrons. The fourth-order valence-electron chi connectivity index (χ4n) is 2.31. The summed E-state index contributed by atoms with van der Waals surface area (Å²) < 4.78 is 6.33. The summed E-state index contributed by atoms with van der Waals surface area (Å²) in [6.45, 7) is 15.3. The van der Waals surface area contributed by atoms with Gasteiger partial charge in [0, 0.05) is 6.10 Å². The van der Waals surface area contributed by atoms with Crippen LogP contribution in [0.2, 0.25) is 19.1 Å². The summed E-state index contributed by atoms with van der Waals surface area (Å²) in [5, 5.41) is 0. The summed E-state index contributed by atoms with van der Waals surface area (Å²) in [6, 6.07) is 1.06. The van der Waals surface area contributed by atoms with Gasteiger partial charge in [0.05, 0.1) is 0 Å². The lowest BCUT2D eigenvalue weighted by atomic mass is 9.95. The molecule has 1 nitrogen and oxygen atoms in total. The predicted octanol–water partition coefficient (Wildman–Crippen LogP) is 5.39. The first-order chi connectivity index (χ1) is 7.99. The first-order valence-electron chi connectivity index (χ1n) is 7.27. The summed E-state index contributed by atoms with van der Waals surface area (Å²) in [6.07, 6.45) is 8.80. The number of rotatable bonds is 10. The molecule has 0 aromatic carbocycles. The second-order valence-electron chi connectivity index (χ2n) is 5.66. The highest BCUT2D eigenvalue weighted by Crippen LogP contribution is 2.22. The van der Waals surface area contributed by atoms with Gasteiger partial charge < -0.3 is 4.43 Å². The highest BCUT2D eigenvalue weighted by atomic mass is 28.4. The van der Waals surface area contributed by atoms with Gasteiger partial charge >= 0.3 is 0 Å². The third kappa shape index (κ3) is 7.77. The Balaban J connectivity index is 4.11. The Bertz CT molecular complexity index is 197. The van der Waals surface area contributed by atoms with Crippen molar-refractivity contribution in [1.82, 2.24) is 0 Å². The molecule has 0 radical (unpaired) electrons. The van der Waals surface area contributed by atoms with Crippen molar-refractivity contribution in [2.24, 2.45) is 5.92 Å². The van der Waals surface area contributed by atoms with Crippen molar-refractivity contribution in [3.8, 4) is 0 Å². The molecule has 0 aliphatic heterocycles. The second-order valence-corrected chi connectivity index (χ2v) is 9.82. The molecule has 2 heteroatoms. The van der Waals surface area contributed by atoms with Crippen LogP contribution in [0.4, 0.5) is 0 Å². The lowest BCUT2D eigenvalue weighted by Gasteiger charge is -2.29. The molecule has 1 atom stereocenters. The van der Waals surface area contributed by atoms with E-state index in [1.54, 1.807) is 0 Å². The van der Waals surface area contributed by atoms with Gasteiger partial charge in [-0.2, -0.15) is 0 Å². The van der Waals surface area contributed by atoms with Crippen LogP contribution >= 0.6 is 0 Å². The van der Waals surface area contributed by atoms with E-state index in [2.05, 4.69) is 40.4 Å². The molecule has 0 amide bonds. The monoisotopic (exact) mass is 256 g/mol. The highest BCUT2D eigenvalue weighted by molar-refractivity contribution is 6.71. The Morgan fingerprint density at radius 2 is 1.65 bits per heavy atom. The fourth-order valence-corrected chi connectivity index (χ4v) is 4.29. The van der Waals surface area contributed by atoms with E-state index in [1.165, 1.54) is 25.7 Å². The van der Waals surface area contributed by atoms with Gasteiger partial charge in [-0.3, -0.25) is 0 Å². The summed E-state index contributed by atoms with van der Waals surface area (Å²) in [7, 11) is -1.50. The Morgan fingerprint density at radius 1 is 1.06 bits per heavy atom. The molecule has 0 N–H and O–H groups in total. The molecule has 0 aromatic rings. The molecular formula is C15H32OSi. The van der Waals surface area contributed by atoms with Gasteiger partial charge in [0.15, 0.2) is 8.32 Å². The van der Waals surface area contributed by atoms with Crippen LogP contribution in [0, 0.1) is 5.92 Å². The minimum Gasteiger partial charge on any atom is -0.414 e. The Labute approximate surface area is 110 Å². The molecule has 0 fully saturated rings. The van der Waals surface area contributed by atoms with Crippen LogP contribution in [0.1, 0.15) is 52.9 Å². The molecule has 0 heterocycles. The van der Waals surface area contributed by atoms with E-state index in [4.69, 9.17) is 4.43 Å². The van der Waals surface area contributed by atoms with Crippen LogP contribution in [0.25, 0.3) is 0 Å². The van der Waals surface area contributed by atoms with Crippen LogP contribution in [0.5, 0.6) is 0 Å². The molecule has 0 saturated heterocycles. The van der Waals surface area contributed by atoms with E-state index in [0.29, 0.717) is 6.10 Å². The van der Waals surface area contributed by atoms with Gasteiger partial charge in [0.2, 0.25) is 0 Å². The van der Waals surface area contributed by atoms with E-state index in [1.807, 2.05) is 6.08 Å². The highest BCUT2D eigenvalue weighted by Gasteiger charge is 2.24. The van der Waals surface area contributed by atoms with Crippen LogP contribution in [-0.4, -0.2) is 14.4 Å². The van der Waals surface area contributed by atoms with Crippen LogP contribution in [-0.2, 0) is 4.43 Å². The fraction of sp³-hybridized carbons (Fsp3) is 0.867. The maximum atomic E-state index is 6.33. The Morgan fingerprint density at radius 3 is 2.06 bits per heavy atom. The van der Waals surface area contributed by atoms with E-state index < -0.39 is 8.32 Å². The maximum Gasteiger partial charge on any atom is 0.190 e. The average molecular weight is 257 g/mol. The summed E-state index contributed by atoms with van der Waals surface area (Å²) in [5.74, 6) is 0.886. The number of allylic oxidation sites excluding steroid dienone is 1. The third-order valence-corrected chi connectivity index (χ3v) is 5.87. The minimum absolute atomic E-state index is 0.470. The van der Waals surface area contributed by atoms with E-state index in [9.17, 15) is 0 Å². The van der Waals surface area contributed by atoms with Gasteiger partial charge in [-0.1, -0.05) is 39.7 Å². The van der Waals surface area contributed by atoms with E-state index in [-0.39, 0.29) is 0 Å². The summed E-state index contributed by atoms with van der Waals surface area (Å²) in [5.41, 5.74) is 0. The second kappa shape index (κ2) is 8.93.